The summed E-state index contributed by atoms with van der Waals surface area (Å²) in [6.45, 7) is 8.17. The summed E-state index contributed by atoms with van der Waals surface area (Å²) in [5.41, 5.74) is 14.6. The van der Waals surface area contributed by atoms with Crippen molar-refractivity contribution in [2.24, 2.45) is 0 Å². The largest absolute Gasteiger partial charge is 0.238 e. The van der Waals surface area contributed by atoms with E-state index in [9.17, 15) is 0 Å². The average molecular weight is 699 g/mol. The summed E-state index contributed by atoms with van der Waals surface area (Å²) in [6, 6.07) is 63.8. The van der Waals surface area contributed by atoms with Gasteiger partial charge in [0, 0.05) is 16.7 Å². The minimum atomic E-state index is -0.542. The van der Waals surface area contributed by atoms with Crippen molar-refractivity contribution in [1.29, 1.82) is 0 Å². The van der Waals surface area contributed by atoms with Crippen molar-refractivity contribution >= 4 is 16.5 Å². The molecule has 254 valence electrons. The molecule has 0 amide bonds. The number of rotatable bonds is 4. The summed E-state index contributed by atoms with van der Waals surface area (Å²) in [4.78, 5) is 19.2. The molecule has 1 heterocycles. The number of hydrogen-bond acceptors (Lipinski definition) is 3. The van der Waals surface area contributed by atoms with Crippen molar-refractivity contribution in [3.05, 3.63) is 216 Å². The second-order valence-electron chi connectivity index (χ2n) is 14.2. The van der Waals surface area contributed by atoms with Crippen LogP contribution in [0.15, 0.2) is 182 Å². The Hall–Kier alpha value is -7.48. The van der Waals surface area contributed by atoms with E-state index in [4.69, 9.17) is 21.5 Å². The first-order valence-electron chi connectivity index (χ1n) is 18.5. The molecule has 4 heteroatoms. The highest BCUT2D eigenvalue weighted by molar-refractivity contribution is 5.99. The van der Waals surface area contributed by atoms with Gasteiger partial charge in [-0.05, 0) is 84.6 Å². The summed E-state index contributed by atoms with van der Waals surface area (Å²) in [5, 5.41) is 2.31. The van der Waals surface area contributed by atoms with Crippen LogP contribution in [0.25, 0.3) is 83.2 Å². The molecular weight excluding hydrogens is 669 g/mol. The fourth-order valence-corrected chi connectivity index (χ4v) is 8.96. The quantitative estimate of drug-likeness (QED) is 0.172. The van der Waals surface area contributed by atoms with Crippen LogP contribution < -0.4 is 0 Å². The third kappa shape index (κ3) is 4.60. The first kappa shape index (κ1) is 31.1. The van der Waals surface area contributed by atoms with Gasteiger partial charge >= 0.3 is 0 Å². The average Bonchev–Trinajstić information content (AvgIpc) is 3.73. The van der Waals surface area contributed by atoms with Crippen LogP contribution in [-0.2, 0) is 5.41 Å². The van der Waals surface area contributed by atoms with Crippen LogP contribution in [0.4, 0.5) is 5.69 Å². The SMILES string of the molecule is [C-]#[N+]c1cccc2c1-c1ccc(-c3cccc(-c4nc(-c5ccccc5)nc(-c5ccc6ccccc6c5)n4)c3)cc1C21c2ccccc2-c2ccccc21. The Balaban J connectivity index is 1.10. The summed E-state index contributed by atoms with van der Waals surface area (Å²) < 4.78 is 0. The van der Waals surface area contributed by atoms with Crippen molar-refractivity contribution in [3.8, 4) is 67.5 Å². The van der Waals surface area contributed by atoms with E-state index in [1.54, 1.807) is 0 Å². The first-order valence-corrected chi connectivity index (χ1v) is 18.5. The van der Waals surface area contributed by atoms with E-state index in [1.807, 2.05) is 42.5 Å². The van der Waals surface area contributed by atoms with Gasteiger partial charge in [0.15, 0.2) is 23.2 Å². The van der Waals surface area contributed by atoms with Gasteiger partial charge in [0.2, 0.25) is 0 Å². The first-order chi connectivity index (χ1) is 27.2. The third-order valence-electron chi connectivity index (χ3n) is 11.3. The zero-order valence-electron chi connectivity index (χ0n) is 29.6. The highest BCUT2D eigenvalue weighted by atomic mass is 15.0. The fraction of sp³-hybridized carbons (Fsp3) is 0.0196. The Kier molecular flexibility index (Phi) is 6.80. The Morgan fingerprint density at radius 2 is 0.909 bits per heavy atom. The molecule has 0 saturated carbocycles. The van der Waals surface area contributed by atoms with Crippen LogP contribution in [0.1, 0.15) is 22.3 Å². The maximum absolute atomic E-state index is 8.17. The van der Waals surface area contributed by atoms with E-state index >= 15 is 0 Å². The number of hydrogen-bond donors (Lipinski definition) is 0. The molecule has 0 unspecified atom stereocenters. The van der Waals surface area contributed by atoms with E-state index in [0.29, 0.717) is 23.2 Å². The number of aromatic nitrogens is 3. The second-order valence-corrected chi connectivity index (χ2v) is 14.2. The van der Waals surface area contributed by atoms with Crippen molar-refractivity contribution in [2.75, 3.05) is 0 Å². The zero-order valence-corrected chi connectivity index (χ0v) is 29.6. The van der Waals surface area contributed by atoms with Gasteiger partial charge in [0.05, 0.1) is 12.0 Å². The van der Waals surface area contributed by atoms with E-state index < -0.39 is 5.41 Å². The molecule has 0 saturated heterocycles. The van der Waals surface area contributed by atoms with E-state index in [0.717, 1.165) is 44.3 Å². The monoisotopic (exact) mass is 698 g/mol. The van der Waals surface area contributed by atoms with Crippen molar-refractivity contribution < 1.29 is 0 Å². The molecule has 4 nitrogen and oxygen atoms in total. The van der Waals surface area contributed by atoms with Crippen LogP contribution in [0, 0.1) is 6.57 Å². The Bertz CT molecular complexity index is 3020. The van der Waals surface area contributed by atoms with Gasteiger partial charge in [-0.15, -0.1) is 0 Å². The van der Waals surface area contributed by atoms with Gasteiger partial charge in [-0.3, -0.25) is 0 Å². The van der Waals surface area contributed by atoms with Crippen molar-refractivity contribution in [1.82, 2.24) is 15.0 Å². The Morgan fingerprint density at radius 3 is 1.65 bits per heavy atom. The molecule has 9 aromatic rings. The highest BCUT2D eigenvalue weighted by Gasteiger charge is 2.52. The lowest BCUT2D eigenvalue weighted by Gasteiger charge is -2.31. The molecule has 0 bridgehead atoms. The number of benzene rings is 8. The van der Waals surface area contributed by atoms with Gasteiger partial charge in [0.1, 0.15) is 0 Å². The molecule has 1 spiro atoms. The molecule has 0 radical (unpaired) electrons. The molecule has 0 atom stereocenters. The molecule has 2 aliphatic carbocycles. The van der Waals surface area contributed by atoms with Crippen LogP contribution >= 0.6 is 0 Å². The minimum Gasteiger partial charge on any atom is -0.238 e. The molecule has 1 aromatic heterocycles. The maximum Gasteiger partial charge on any atom is 0.195 e. The van der Waals surface area contributed by atoms with Crippen LogP contribution in [-0.4, -0.2) is 15.0 Å². The second kappa shape index (κ2) is 12.0. The van der Waals surface area contributed by atoms with Crippen LogP contribution in [0.3, 0.4) is 0 Å². The van der Waals surface area contributed by atoms with Crippen LogP contribution in [0.2, 0.25) is 0 Å². The van der Waals surface area contributed by atoms with E-state index in [-0.39, 0.29) is 0 Å². The molecule has 8 aromatic carbocycles. The van der Waals surface area contributed by atoms with Gasteiger partial charge in [-0.2, -0.15) is 0 Å². The number of nitrogens with zero attached hydrogens (tertiary/aromatic N) is 4. The summed E-state index contributed by atoms with van der Waals surface area (Å²) in [6.07, 6.45) is 0. The predicted molar refractivity (Wildman–Crippen MR) is 222 cm³/mol. The van der Waals surface area contributed by atoms with Gasteiger partial charge in [-0.1, -0.05) is 164 Å². The topological polar surface area (TPSA) is 43.0 Å². The van der Waals surface area contributed by atoms with Gasteiger partial charge in [-0.25, -0.2) is 19.8 Å². The molecule has 0 aliphatic heterocycles. The Labute approximate surface area is 318 Å². The molecule has 2 aliphatic rings. The minimum absolute atomic E-state index is 0.542. The zero-order chi connectivity index (χ0) is 36.5. The summed E-state index contributed by atoms with van der Waals surface area (Å²) in [5.74, 6) is 1.88. The number of fused-ring (bicyclic) bond motifs is 11. The third-order valence-corrected chi connectivity index (χ3v) is 11.3. The molecule has 0 fully saturated rings. The molecular formula is C51H30N4. The smallest absolute Gasteiger partial charge is 0.195 e. The fourth-order valence-electron chi connectivity index (χ4n) is 8.96. The van der Waals surface area contributed by atoms with Gasteiger partial charge < -0.3 is 0 Å². The standard InChI is InChI=1S/C51H30N4/c1-52-46-24-12-23-44-47(46)41-28-27-36(31-45(41)51(44)42-21-9-7-19-39(42)40-20-8-10-22-43(40)51)35-17-11-18-37(30-35)49-53-48(33-14-3-2-4-15-33)54-50(55-49)38-26-25-32-13-5-6-16-34(32)29-38/h2-31H. The molecule has 11 rings (SSSR count). The molecule has 55 heavy (non-hydrogen) atoms. The van der Waals surface area contributed by atoms with E-state index in [2.05, 4.69) is 144 Å². The normalized spacial score (nSPS) is 12.9. The van der Waals surface area contributed by atoms with Gasteiger partial charge in [0.25, 0.3) is 0 Å². The maximum atomic E-state index is 8.17. The van der Waals surface area contributed by atoms with E-state index in [1.165, 1.54) is 38.8 Å². The summed E-state index contributed by atoms with van der Waals surface area (Å²) in [7, 11) is 0. The lowest BCUT2D eigenvalue weighted by Crippen LogP contribution is -2.25. The Morgan fingerprint density at radius 1 is 0.364 bits per heavy atom. The molecule has 0 N–H and O–H groups in total. The lowest BCUT2D eigenvalue weighted by molar-refractivity contribution is 0.794. The van der Waals surface area contributed by atoms with Crippen molar-refractivity contribution in [2.45, 2.75) is 5.41 Å². The van der Waals surface area contributed by atoms with Crippen LogP contribution in [0.5, 0.6) is 0 Å². The van der Waals surface area contributed by atoms with Crippen molar-refractivity contribution in [3.63, 3.8) is 0 Å². The summed E-state index contributed by atoms with van der Waals surface area (Å²) >= 11 is 0. The lowest BCUT2D eigenvalue weighted by atomic mass is 9.70. The highest BCUT2D eigenvalue weighted by Crippen LogP contribution is 2.64. The predicted octanol–water partition coefficient (Wildman–Crippen LogP) is 12.6.